The van der Waals surface area contributed by atoms with Crippen molar-refractivity contribution in [1.82, 2.24) is 9.55 Å². The second kappa shape index (κ2) is 4.54. The molecular formula is C14H7F2N3S. The monoisotopic (exact) mass is 287 g/mol. The Balaban J connectivity index is 2.36. The lowest BCUT2D eigenvalue weighted by atomic mass is 10.2. The summed E-state index contributed by atoms with van der Waals surface area (Å²) in [5, 5.41) is 8.87. The van der Waals surface area contributed by atoms with Crippen LogP contribution in [-0.4, -0.2) is 9.55 Å². The molecule has 0 aliphatic carbocycles. The molecule has 0 fully saturated rings. The minimum atomic E-state index is -0.603. The van der Waals surface area contributed by atoms with Crippen molar-refractivity contribution in [2.75, 3.05) is 0 Å². The van der Waals surface area contributed by atoms with Crippen molar-refractivity contribution < 1.29 is 8.78 Å². The summed E-state index contributed by atoms with van der Waals surface area (Å²) in [6.45, 7) is 0. The molecule has 0 atom stereocenters. The van der Waals surface area contributed by atoms with Gasteiger partial charge in [-0.25, -0.2) is 8.78 Å². The molecule has 20 heavy (non-hydrogen) atoms. The second-order valence-corrected chi connectivity index (χ2v) is 4.56. The average molecular weight is 287 g/mol. The van der Waals surface area contributed by atoms with Gasteiger partial charge in [0.2, 0.25) is 0 Å². The van der Waals surface area contributed by atoms with E-state index in [0.717, 1.165) is 0 Å². The molecule has 1 heterocycles. The molecule has 0 unspecified atom stereocenters. The fraction of sp³-hybridized carbons (Fsp3) is 0. The molecule has 3 aromatic rings. The maximum atomic E-state index is 13.7. The topological polar surface area (TPSA) is 44.5 Å². The highest BCUT2D eigenvalue weighted by atomic mass is 32.1. The Kier molecular flexibility index (Phi) is 2.84. The number of H-pyrrole nitrogens is 1. The number of imidazole rings is 1. The van der Waals surface area contributed by atoms with Crippen molar-refractivity contribution in [2.45, 2.75) is 0 Å². The highest BCUT2D eigenvalue weighted by Gasteiger charge is 2.11. The van der Waals surface area contributed by atoms with Crippen LogP contribution in [0.4, 0.5) is 8.78 Å². The van der Waals surface area contributed by atoms with E-state index in [2.05, 4.69) is 4.98 Å². The lowest BCUT2D eigenvalue weighted by Crippen LogP contribution is -1.96. The Morgan fingerprint density at radius 1 is 1.15 bits per heavy atom. The zero-order valence-corrected chi connectivity index (χ0v) is 10.8. The van der Waals surface area contributed by atoms with Crippen LogP contribution in [-0.2, 0) is 0 Å². The summed E-state index contributed by atoms with van der Waals surface area (Å²) in [6, 6.07) is 10.4. The van der Waals surface area contributed by atoms with Crippen molar-refractivity contribution >= 4 is 23.3 Å². The Morgan fingerprint density at radius 3 is 2.70 bits per heavy atom. The Morgan fingerprint density at radius 2 is 1.95 bits per heavy atom. The average Bonchev–Trinajstić information content (AvgIpc) is 2.77. The Bertz CT molecular complexity index is 918. The van der Waals surface area contributed by atoms with Crippen LogP contribution in [0.5, 0.6) is 0 Å². The quantitative estimate of drug-likeness (QED) is 0.691. The van der Waals surface area contributed by atoms with Crippen LogP contribution in [0.15, 0.2) is 36.4 Å². The number of aromatic amines is 1. The smallest absolute Gasteiger partial charge is 0.182 e. The molecule has 3 nitrogen and oxygen atoms in total. The maximum Gasteiger partial charge on any atom is 0.182 e. The summed E-state index contributed by atoms with van der Waals surface area (Å²) in [5.74, 6) is -1.02. The van der Waals surface area contributed by atoms with E-state index in [1.165, 1.54) is 24.3 Å². The van der Waals surface area contributed by atoms with Gasteiger partial charge in [0.05, 0.1) is 11.1 Å². The standard InChI is InChI=1S/C14H7F2N3S/c15-10-5-4-9(6-8(10)7-17)19-12-3-1-2-11(16)13(12)18-14(19)20/h1-6H,(H,18,20). The van der Waals surface area contributed by atoms with Crippen LogP contribution < -0.4 is 0 Å². The number of fused-ring (bicyclic) bond motifs is 1. The van der Waals surface area contributed by atoms with Crippen LogP contribution >= 0.6 is 12.2 Å². The second-order valence-electron chi connectivity index (χ2n) is 4.18. The minimum Gasteiger partial charge on any atom is -0.328 e. The first-order chi connectivity index (χ1) is 9.61. The SMILES string of the molecule is N#Cc1cc(-n2c(=S)[nH]c3c(F)cccc32)ccc1F. The molecule has 0 aliphatic heterocycles. The van der Waals surface area contributed by atoms with Gasteiger partial charge in [0.25, 0.3) is 0 Å². The molecule has 0 amide bonds. The molecular weight excluding hydrogens is 280 g/mol. The number of hydrogen-bond donors (Lipinski definition) is 1. The highest BCUT2D eigenvalue weighted by molar-refractivity contribution is 7.71. The van der Waals surface area contributed by atoms with E-state index in [9.17, 15) is 8.78 Å². The van der Waals surface area contributed by atoms with Crippen molar-refractivity contribution in [3.05, 3.63) is 58.4 Å². The van der Waals surface area contributed by atoms with Crippen LogP contribution in [0, 0.1) is 27.7 Å². The zero-order valence-electron chi connectivity index (χ0n) is 10.0. The summed E-state index contributed by atoms with van der Waals surface area (Å²) in [5.41, 5.74) is 1.23. The van der Waals surface area contributed by atoms with Gasteiger partial charge in [-0.3, -0.25) is 4.57 Å². The zero-order chi connectivity index (χ0) is 14.3. The summed E-state index contributed by atoms with van der Waals surface area (Å²) in [7, 11) is 0. The van der Waals surface area contributed by atoms with E-state index >= 15 is 0 Å². The van der Waals surface area contributed by atoms with Crippen molar-refractivity contribution in [1.29, 1.82) is 5.26 Å². The van der Waals surface area contributed by atoms with Crippen LogP contribution in [0.2, 0.25) is 0 Å². The predicted octanol–water partition coefficient (Wildman–Crippen LogP) is 3.84. The minimum absolute atomic E-state index is 0.0878. The number of nitrogens with one attached hydrogen (secondary N) is 1. The van der Waals surface area contributed by atoms with E-state index in [0.29, 0.717) is 11.2 Å². The van der Waals surface area contributed by atoms with Crippen LogP contribution in [0.25, 0.3) is 16.7 Å². The third kappa shape index (κ3) is 1.80. The third-order valence-electron chi connectivity index (χ3n) is 3.00. The molecule has 0 saturated heterocycles. The number of benzene rings is 2. The number of para-hydroxylation sites is 1. The van der Waals surface area contributed by atoms with Crippen molar-refractivity contribution in [3.8, 4) is 11.8 Å². The molecule has 1 aromatic heterocycles. The van der Waals surface area contributed by atoms with Crippen LogP contribution in [0.3, 0.4) is 0 Å². The molecule has 6 heteroatoms. The summed E-state index contributed by atoms with van der Waals surface area (Å²) < 4.78 is 28.9. The molecule has 2 aromatic carbocycles. The van der Waals surface area contributed by atoms with E-state index in [1.54, 1.807) is 22.8 Å². The number of hydrogen-bond acceptors (Lipinski definition) is 2. The normalized spacial score (nSPS) is 10.7. The first-order valence-electron chi connectivity index (χ1n) is 5.71. The predicted molar refractivity (Wildman–Crippen MR) is 73.1 cm³/mol. The molecule has 0 saturated carbocycles. The number of halogens is 2. The number of nitriles is 1. The van der Waals surface area contributed by atoms with E-state index in [4.69, 9.17) is 17.5 Å². The summed E-state index contributed by atoms with van der Waals surface area (Å²) in [6.07, 6.45) is 0. The van der Waals surface area contributed by atoms with Gasteiger partial charge in [-0.05, 0) is 42.5 Å². The summed E-state index contributed by atoms with van der Waals surface area (Å²) in [4.78, 5) is 2.77. The van der Waals surface area contributed by atoms with E-state index in [-0.39, 0.29) is 15.9 Å². The number of aromatic nitrogens is 2. The lowest BCUT2D eigenvalue weighted by molar-refractivity contribution is 0.623. The van der Waals surface area contributed by atoms with Gasteiger partial charge in [-0.2, -0.15) is 5.26 Å². The van der Waals surface area contributed by atoms with Gasteiger partial charge in [-0.1, -0.05) is 6.07 Å². The molecule has 1 N–H and O–H groups in total. The molecule has 0 bridgehead atoms. The molecule has 0 spiro atoms. The molecule has 0 radical (unpaired) electrons. The highest BCUT2D eigenvalue weighted by Crippen LogP contribution is 2.22. The molecule has 3 rings (SSSR count). The third-order valence-corrected chi connectivity index (χ3v) is 3.28. The lowest BCUT2D eigenvalue weighted by Gasteiger charge is -2.05. The summed E-state index contributed by atoms with van der Waals surface area (Å²) >= 11 is 5.17. The fourth-order valence-electron chi connectivity index (χ4n) is 2.09. The number of nitrogens with zero attached hydrogens (tertiary/aromatic N) is 2. The van der Waals surface area contributed by atoms with E-state index in [1.807, 2.05) is 0 Å². The van der Waals surface area contributed by atoms with Crippen molar-refractivity contribution in [3.63, 3.8) is 0 Å². The Hall–Kier alpha value is -2.52. The van der Waals surface area contributed by atoms with Gasteiger partial charge >= 0.3 is 0 Å². The van der Waals surface area contributed by atoms with Crippen LogP contribution in [0.1, 0.15) is 5.56 Å². The maximum absolute atomic E-state index is 13.7. The Labute approximate surface area is 117 Å². The van der Waals surface area contributed by atoms with Gasteiger partial charge in [-0.15, -0.1) is 0 Å². The largest absolute Gasteiger partial charge is 0.328 e. The first-order valence-corrected chi connectivity index (χ1v) is 6.12. The molecule has 98 valence electrons. The molecule has 0 aliphatic rings. The van der Waals surface area contributed by atoms with Gasteiger partial charge in [0.15, 0.2) is 4.77 Å². The van der Waals surface area contributed by atoms with E-state index < -0.39 is 11.6 Å². The fourth-order valence-corrected chi connectivity index (χ4v) is 2.40. The van der Waals surface area contributed by atoms with Gasteiger partial charge < -0.3 is 4.98 Å². The van der Waals surface area contributed by atoms with Gasteiger partial charge in [0.1, 0.15) is 23.2 Å². The van der Waals surface area contributed by atoms with Crippen molar-refractivity contribution in [2.24, 2.45) is 0 Å². The van der Waals surface area contributed by atoms with Gasteiger partial charge in [0, 0.05) is 5.69 Å². The first kappa shape index (κ1) is 12.5. The number of rotatable bonds is 1.